The number of rotatable bonds is 7. The van der Waals surface area contributed by atoms with Crippen molar-refractivity contribution in [3.8, 4) is 0 Å². The average Bonchev–Trinajstić information content (AvgIpc) is 3.13. The highest BCUT2D eigenvalue weighted by atomic mass is 32.2. The first-order valence-electron chi connectivity index (χ1n) is 10.4. The summed E-state index contributed by atoms with van der Waals surface area (Å²) in [6.45, 7) is 2.23. The second-order valence-electron chi connectivity index (χ2n) is 7.55. The lowest BCUT2D eigenvalue weighted by atomic mass is 10.1. The molecule has 0 saturated carbocycles. The van der Waals surface area contributed by atoms with Crippen molar-refractivity contribution in [1.29, 1.82) is 0 Å². The molecule has 7 heteroatoms. The van der Waals surface area contributed by atoms with Gasteiger partial charge in [-0.1, -0.05) is 42.1 Å². The monoisotopic (exact) mass is 421 g/mol. The number of hydrogen-bond donors (Lipinski definition) is 1. The summed E-state index contributed by atoms with van der Waals surface area (Å²) in [5.74, 6) is 1.14. The summed E-state index contributed by atoms with van der Waals surface area (Å²) in [6.07, 6.45) is 4.55. The SMILES string of the molecule is Cn1c(Cc2ccccc2)nnc1SCC(=O)Nc1ccc(N2CCCCC2)cc1. The van der Waals surface area contributed by atoms with Gasteiger partial charge in [0.25, 0.3) is 0 Å². The molecule has 0 unspecified atom stereocenters. The molecule has 156 valence electrons. The number of aromatic nitrogens is 3. The van der Waals surface area contributed by atoms with Crippen molar-refractivity contribution in [2.45, 2.75) is 30.8 Å². The van der Waals surface area contributed by atoms with Crippen molar-refractivity contribution in [3.63, 3.8) is 0 Å². The molecule has 1 aliphatic heterocycles. The van der Waals surface area contributed by atoms with Crippen molar-refractivity contribution in [3.05, 3.63) is 66.0 Å². The molecule has 1 N–H and O–H groups in total. The van der Waals surface area contributed by atoms with Crippen LogP contribution in [0, 0.1) is 0 Å². The highest BCUT2D eigenvalue weighted by Gasteiger charge is 2.13. The maximum absolute atomic E-state index is 12.4. The molecule has 0 atom stereocenters. The largest absolute Gasteiger partial charge is 0.372 e. The van der Waals surface area contributed by atoms with Gasteiger partial charge in [0.1, 0.15) is 5.82 Å². The van der Waals surface area contributed by atoms with E-state index in [1.54, 1.807) is 0 Å². The van der Waals surface area contributed by atoms with Crippen LogP contribution in [0.4, 0.5) is 11.4 Å². The third kappa shape index (κ3) is 5.21. The molecule has 4 rings (SSSR count). The van der Waals surface area contributed by atoms with E-state index in [0.29, 0.717) is 5.75 Å². The Hall–Kier alpha value is -2.80. The predicted molar refractivity (Wildman–Crippen MR) is 122 cm³/mol. The molecule has 1 aromatic heterocycles. The first kappa shape index (κ1) is 20.5. The number of thioether (sulfide) groups is 1. The second kappa shape index (κ2) is 9.80. The van der Waals surface area contributed by atoms with Crippen LogP contribution in [0.2, 0.25) is 0 Å². The van der Waals surface area contributed by atoms with Crippen molar-refractivity contribution >= 4 is 29.0 Å². The lowest BCUT2D eigenvalue weighted by Gasteiger charge is -2.28. The molecule has 2 heterocycles. The molecule has 6 nitrogen and oxygen atoms in total. The van der Waals surface area contributed by atoms with Gasteiger partial charge in [0, 0.05) is 37.9 Å². The van der Waals surface area contributed by atoms with Gasteiger partial charge in [-0.05, 0) is 49.1 Å². The molecule has 0 radical (unpaired) electrons. The zero-order valence-corrected chi connectivity index (χ0v) is 18.1. The van der Waals surface area contributed by atoms with Crippen molar-refractivity contribution in [2.24, 2.45) is 7.05 Å². The predicted octanol–water partition coefficient (Wildman–Crippen LogP) is 4.13. The van der Waals surface area contributed by atoms with Crippen LogP contribution in [0.5, 0.6) is 0 Å². The van der Waals surface area contributed by atoms with E-state index in [1.165, 1.54) is 42.3 Å². The van der Waals surface area contributed by atoms with E-state index in [-0.39, 0.29) is 5.91 Å². The number of amides is 1. The van der Waals surface area contributed by atoms with Crippen LogP contribution in [-0.2, 0) is 18.3 Å². The maximum atomic E-state index is 12.4. The molecule has 0 bridgehead atoms. The number of hydrogen-bond acceptors (Lipinski definition) is 5. The average molecular weight is 422 g/mol. The Balaban J connectivity index is 1.28. The van der Waals surface area contributed by atoms with E-state index >= 15 is 0 Å². The van der Waals surface area contributed by atoms with E-state index in [4.69, 9.17) is 0 Å². The van der Waals surface area contributed by atoms with Crippen LogP contribution in [0.25, 0.3) is 0 Å². The Morgan fingerprint density at radius 1 is 1.00 bits per heavy atom. The molecule has 1 saturated heterocycles. The minimum atomic E-state index is -0.0432. The van der Waals surface area contributed by atoms with Gasteiger partial charge >= 0.3 is 0 Å². The van der Waals surface area contributed by atoms with Gasteiger partial charge in [-0.3, -0.25) is 4.79 Å². The van der Waals surface area contributed by atoms with Gasteiger partial charge in [-0.25, -0.2) is 0 Å². The number of anilines is 2. The number of carbonyl (C=O) groups is 1. The van der Waals surface area contributed by atoms with Crippen LogP contribution >= 0.6 is 11.8 Å². The normalized spacial score (nSPS) is 14.0. The summed E-state index contributed by atoms with van der Waals surface area (Å²) in [5.41, 5.74) is 3.24. The summed E-state index contributed by atoms with van der Waals surface area (Å²) in [7, 11) is 1.94. The van der Waals surface area contributed by atoms with E-state index < -0.39 is 0 Å². The van der Waals surface area contributed by atoms with Gasteiger partial charge in [-0.15, -0.1) is 10.2 Å². The fraction of sp³-hybridized carbons (Fsp3) is 0.348. The Bertz CT molecular complexity index is 965. The van der Waals surface area contributed by atoms with Crippen LogP contribution in [-0.4, -0.2) is 39.5 Å². The molecule has 2 aromatic carbocycles. The number of benzene rings is 2. The van der Waals surface area contributed by atoms with E-state index in [9.17, 15) is 4.79 Å². The zero-order chi connectivity index (χ0) is 20.8. The minimum absolute atomic E-state index is 0.0432. The first-order valence-corrected chi connectivity index (χ1v) is 11.4. The Labute approximate surface area is 181 Å². The fourth-order valence-corrected chi connectivity index (χ4v) is 4.37. The molecule has 30 heavy (non-hydrogen) atoms. The Kier molecular flexibility index (Phi) is 6.69. The third-order valence-electron chi connectivity index (χ3n) is 5.33. The van der Waals surface area contributed by atoms with Gasteiger partial charge in [-0.2, -0.15) is 0 Å². The van der Waals surface area contributed by atoms with E-state index in [1.807, 2.05) is 41.9 Å². The lowest BCUT2D eigenvalue weighted by molar-refractivity contribution is -0.113. The fourth-order valence-electron chi connectivity index (χ4n) is 3.64. The Morgan fingerprint density at radius 3 is 2.47 bits per heavy atom. The summed E-state index contributed by atoms with van der Waals surface area (Å²) >= 11 is 1.40. The summed E-state index contributed by atoms with van der Waals surface area (Å²) < 4.78 is 1.96. The van der Waals surface area contributed by atoms with E-state index in [0.717, 1.165) is 36.2 Å². The molecular formula is C23H27N5OS. The van der Waals surface area contributed by atoms with Crippen LogP contribution in [0.3, 0.4) is 0 Å². The number of nitrogens with one attached hydrogen (secondary N) is 1. The quantitative estimate of drug-likeness (QED) is 0.581. The minimum Gasteiger partial charge on any atom is -0.372 e. The molecule has 1 fully saturated rings. The number of piperidine rings is 1. The number of nitrogens with zero attached hydrogens (tertiary/aromatic N) is 4. The summed E-state index contributed by atoms with van der Waals surface area (Å²) in [5, 5.41) is 12.2. The maximum Gasteiger partial charge on any atom is 0.234 e. The highest BCUT2D eigenvalue weighted by Crippen LogP contribution is 2.22. The van der Waals surface area contributed by atoms with Gasteiger partial charge < -0.3 is 14.8 Å². The smallest absolute Gasteiger partial charge is 0.234 e. The molecule has 1 amide bonds. The van der Waals surface area contributed by atoms with Crippen molar-refractivity contribution < 1.29 is 4.79 Å². The van der Waals surface area contributed by atoms with Crippen molar-refractivity contribution in [1.82, 2.24) is 14.8 Å². The molecule has 0 spiro atoms. The zero-order valence-electron chi connectivity index (χ0n) is 17.3. The molecule has 1 aliphatic rings. The van der Waals surface area contributed by atoms with Crippen LogP contribution in [0.1, 0.15) is 30.7 Å². The third-order valence-corrected chi connectivity index (χ3v) is 6.36. The Morgan fingerprint density at radius 2 is 1.73 bits per heavy atom. The van der Waals surface area contributed by atoms with Gasteiger partial charge in [0.2, 0.25) is 5.91 Å². The van der Waals surface area contributed by atoms with Crippen LogP contribution in [0.15, 0.2) is 59.8 Å². The second-order valence-corrected chi connectivity index (χ2v) is 8.49. The summed E-state index contributed by atoms with van der Waals surface area (Å²) in [6, 6.07) is 18.3. The molecule has 0 aliphatic carbocycles. The highest BCUT2D eigenvalue weighted by molar-refractivity contribution is 7.99. The standard InChI is InChI=1S/C23H27N5OS/c1-27-21(16-18-8-4-2-5-9-18)25-26-23(27)30-17-22(29)24-19-10-12-20(13-11-19)28-14-6-3-7-15-28/h2,4-5,8-13H,3,6-7,14-17H2,1H3,(H,24,29). The molecular weight excluding hydrogens is 394 g/mol. The van der Waals surface area contributed by atoms with E-state index in [2.05, 4.69) is 44.7 Å². The topological polar surface area (TPSA) is 63.1 Å². The first-order chi connectivity index (χ1) is 14.7. The van der Waals surface area contributed by atoms with Crippen molar-refractivity contribution in [2.75, 3.05) is 29.1 Å². The van der Waals surface area contributed by atoms with Crippen LogP contribution < -0.4 is 10.2 Å². The van der Waals surface area contributed by atoms with Gasteiger partial charge in [0.15, 0.2) is 5.16 Å². The number of carbonyl (C=O) groups excluding carboxylic acids is 1. The molecule has 3 aromatic rings. The van der Waals surface area contributed by atoms with Gasteiger partial charge in [0.05, 0.1) is 5.75 Å². The lowest BCUT2D eigenvalue weighted by Crippen LogP contribution is -2.29. The summed E-state index contributed by atoms with van der Waals surface area (Å²) in [4.78, 5) is 14.8.